The lowest BCUT2D eigenvalue weighted by atomic mass is 10.1. The number of hydrogen-bond acceptors (Lipinski definition) is 10. The van der Waals surface area contributed by atoms with Crippen LogP contribution in [0.3, 0.4) is 0 Å². The normalized spacial score (nSPS) is 17.9. The molecule has 6 heterocycles. The van der Waals surface area contributed by atoms with Gasteiger partial charge in [-0.2, -0.15) is 5.10 Å². The van der Waals surface area contributed by atoms with Crippen LogP contribution in [0, 0.1) is 6.92 Å². The van der Waals surface area contributed by atoms with E-state index in [-0.39, 0.29) is 24.7 Å². The number of anilines is 2. The Morgan fingerprint density at radius 2 is 1.80 bits per heavy atom. The molecule has 2 atom stereocenters. The Kier molecular flexibility index (Phi) is 11.6. The van der Waals surface area contributed by atoms with Crippen LogP contribution in [0.15, 0.2) is 54.7 Å². The number of hydrogen-bond donors (Lipinski definition) is 3. The fourth-order valence-corrected chi connectivity index (χ4v) is 8.94. The van der Waals surface area contributed by atoms with Crippen molar-refractivity contribution in [3.8, 4) is 0 Å². The zero-order valence-corrected chi connectivity index (χ0v) is 34.0. The smallest absolute Gasteiger partial charge is 0.264 e. The molecule has 308 valence electrons. The number of H-pyrrole nitrogens is 1. The number of aromatic nitrogens is 4. The Morgan fingerprint density at radius 1 is 0.983 bits per heavy atom. The minimum Gasteiger partial charge on any atom is -0.368 e. The van der Waals surface area contributed by atoms with Crippen molar-refractivity contribution < 1.29 is 24.0 Å². The number of nitrogens with zero attached hydrogens (tertiary/aromatic N) is 7. The molecule has 15 heteroatoms. The molecule has 2 aromatic carbocycles. The van der Waals surface area contributed by atoms with Crippen LogP contribution in [0.2, 0.25) is 0 Å². The van der Waals surface area contributed by atoms with E-state index >= 15 is 0 Å². The lowest BCUT2D eigenvalue weighted by Crippen LogP contribution is -2.47. The number of aryl methyl sites for hydroxylation is 2. The number of rotatable bonds is 15. The van der Waals surface area contributed by atoms with Crippen LogP contribution < -0.4 is 15.5 Å². The first-order valence-corrected chi connectivity index (χ1v) is 20.7. The third-order valence-corrected chi connectivity index (χ3v) is 12.3. The second-order valence-electron chi connectivity index (χ2n) is 16.0. The van der Waals surface area contributed by atoms with Gasteiger partial charge in [0.2, 0.25) is 5.91 Å². The Bertz CT molecular complexity index is 2410. The highest BCUT2D eigenvalue weighted by Crippen LogP contribution is 2.35. The van der Waals surface area contributed by atoms with E-state index in [2.05, 4.69) is 48.4 Å². The number of fused-ring (bicyclic) bond motifs is 3. The SMILES string of the molecule is CNC(=O)CCC(C=O)N1C(=O)c2cccc(N3CCN(CCCCCn4nc(C)c5ccc(C(=O)Nc6cc7[nH]c(C8CCCN8C)cc7cn6)cc54)CC3)c2C1=O. The van der Waals surface area contributed by atoms with Crippen LogP contribution in [0.1, 0.15) is 93.4 Å². The monoisotopic (exact) mass is 800 g/mol. The fraction of sp³-hybridized carbons (Fsp3) is 0.432. The number of unbranched alkanes of at least 4 members (excludes halogenated alkanes) is 2. The topological polar surface area (TPSA) is 169 Å². The summed E-state index contributed by atoms with van der Waals surface area (Å²) in [5, 5.41) is 12.4. The Labute approximate surface area is 343 Å². The van der Waals surface area contributed by atoms with Crippen molar-refractivity contribution >= 4 is 63.2 Å². The Balaban J connectivity index is 0.822. The maximum absolute atomic E-state index is 13.6. The standard InChI is InChI=1S/C44H52N10O5/c1-28-32-14-12-29(42(57)48-39-25-34-30(26-46-39)23-35(47-34)36-11-8-16-50(36)3)24-38(32)53(49-28)18-6-4-5-17-51-19-21-52(22-20-51)37-10-7-9-33-41(37)44(59)54(43(33)58)31(27-55)13-15-40(56)45-2/h7,9-10,12,14,23-27,31,36,47H,4-6,8,11,13,15-22H2,1-3H3,(H,45,56)(H,46,48,57). The number of likely N-dealkylation sites (tertiary alicyclic amines) is 1. The number of aromatic amines is 1. The van der Waals surface area contributed by atoms with Gasteiger partial charge in [0.05, 0.1) is 39.6 Å². The lowest BCUT2D eigenvalue weighted by Gasteiger charge is -2.36. The number of benzene rings is 2. The lowest BCUT2D eigenvalue weighted by molar-refractivity contribution is -0.121. The molecular weight excluding hydrogens is 749 g/mol. The van der Waals surface area contributed by atoms with Crippen molar-refractivity contribution in [2.45, 2.75) is 70.5 Å². The van der Waals surface area contributed by atoms with Crippen LogP contribution in [0.25, 0.3) is 21.8 Å². The number of imide groups is 1. The largest absolute Gasteiger partial charge is 0.368 e. The molecule has 0 bridgehead atoms. The molecule has 5 aromatic rings. The zero-order chi connectivity index (χ0) is 41.2. The van der Waals surface area contributed by atoms with Crippen molar-refractivity contribution in [1.82, 2.24) is 39.8 Å². The van der Waals surface area contributed by atoms with E-state index in [1.165, 1.54) is 19.2 Å². The summed E-state index contributed by atoms with van der Waals surface area (Å²) in [5.41, 5.74) is 5.89. The minimum atomic E-state index is -1.00. The van der Waals surface area contributed by atoms with Gasteiger partial charge in [-0.25, -0.2) is 4.98 Å². The number of nitrogens with one attached hydrogen (secondary N) is 3. The molecule has 15 nitrogen and oxygen atoms in total. The van der Waals surface area contributed by atoms with Gasteiger partial charge < -0.3 is 25.3 Å². The molecule has 0 saturated carbocycles. The molecule has 59 heavy (non-hydrogen) atoms. The van der Waals surface area contributed by atoms with Crippen LogP contribution in [0.4, 0.5) is 11.5 Å². The molecule has 0 radical (unpaired) electrons. The van der Waals surface area contributed by atoms with Gasteiger partial charge in [-0.1, -0.05) is 18.6 Å². The Hall–Kier alpha value is -5.93. The summed E-state index contributed by atoms with van der Waals surface area (Å²) < 4.78 is 2.01. The van der Waals surface area contributed by atoms with Gasteiger partial charge in [0.15, 0.2) is 0 Å². The summed E-state index contributed by atoms with van der Waals surface area (Å²) >= 11 is 0. The van der Waals surface area contributed by atoms with Crippen LogP contribution in [-0.4, -0.2) is 124 Å². The third kappa shape index (κ3) is 8.08. The third-order valence-electron chi connectivity index (χ3n) is 12.3. The van der Waals surface area contributed by atoms with Crippen molar-refractivity contribution in [3.63, 3.8) is 0 Å². The number of pyridine rings is 1. The van der Waals surface area contributed by atoms with Crippen molar-refractivity contribution in [2.75, 3.05) is 63.6 Å². The van der Waals surface area contributed by atoms with E-state index in [1.807, 2.05) is 48.1 Å². The number of amides is 4. The van der Waals surface area contributed by atoms with Crippen LogP contribution >= 0.6 is 0 Å². The summed E-state index contributed by atoms with van der Waals surface area (Å²) in [4.78, 5) is 80.1. The summed E-state index contributed by atoms with van der Waals surface area (Å²) in [7, 11) is 3.66. The van der Waals surface area contributed by atoms with Crippen LogP contribution in [-0.2, 0) is 16.1 Å². The number of piperazine rings is 1. The number of carbonyl (C=O) groups excluding carboxylic acids is 5. The highest BCUT2D eigenvalue weighted by atomic mass is 16.2. The zero-order valence-electron chi connectivity index (χ0n) is 34.0. The first-order valence-electron chi connectivity index (χ1n) is 20.7. The van der Waals surface area contributed by atoms with Gasteiger partial charge in [0, 0.05) is 86.5 Å². The maximum Gasteiger partial charge on any atom is 0.264 e. The van der Waals surface area contributed by atoms with E-state index in [4.69, 9.17) is 5.10 Å². The highest BCUT2D eigenvalue weighted by molar-refractivity contribution is 6.24. The molecule has 2 saturated heterocycles. The predicted octanol–water partition coefficient (Wildman–Crippen LogP) is 4.92. The summed E-state index contributed by atoms with van der Waals surface area (Å²) in [5.74, 6) is -0.952. The summed E-state index contributed by atoms with van der Waals surface area (Å²) in [6.07, 6.45) is 7.80. The van der Waals surface area contributed by atoms with Gasteiger partial charge in [-0.3, -0.25) is 38.6 Å². The number of carbonyl (C=O) groups is 5. The van der Waals surface area contributed by atoms with Crippen LogP contribution in [0.5, 0.6) is 0 Å². The van der Waals surface area contributed by atoms with E-state index in [0.717, 1.165) is 90.8 Å². The van der Waals surface area contributed by atoms with E-state index in [1.54, 1.807) is 12.1 Å². The van der Waals surface area contributed by atoms with Crippen molar-refractivity contribution in [3.05, 3.63) is 82.8 Å². The van der Waals surface area contributed by atoms with Gasteiger partial charge in [-0.05, 0) is 89.5 Å². The van der Waals surface area contributed by atoms with Gasteiger partial charge >= 0.3 is 0 Å². The van der Waals surface area contributed by atoms with Gasteiger partial charge in [0.25, 0.3) is 17.7 Å². The van der Waals surface area contributed by atoms with Crippen molar-refractivity contribution in [1.29, 1.82) is 0 Å². The summed E-state index contributed by atoms with van der Waals surface area (Å²) in [6, 6.07) is 14.4. The van der Waals surface area contributed by atoms with Crippen molar-refractivity contribution in [2.24, 2.45) is 0 Å². The summed E-state index contributed by atoms with van der Waals surface area (Å²) in [6.45, 7) is 7.83. The second kappa shape index (κ2) is 17.1. The first kappa shape index (κ1) is 39.9. The van der Waals surface area contributed by atoms with E-state index in [0.29, 0.717) is 53.6 Å². The Morgan fingerprint density at radius 3 is 2.56 bits per heavy atom. The molecule has 0 spiro atoms. The van der Waals surface area contributed by atoms with E-state index < -0.39 is 17.9 Å². The molecular formula is C44H52N10O5. The molecule has 3 aliphatic rings. The van der Waals surface area contributed by atoms with E-state index in [9.17, 15) is 24.0 Å². The first-order chi connectivity index (χ1) is 28.6. The molecule has 2 fully saturated rings. The minimum absolute atomic E-state index is 0.0361. The van der Waals surface area contributed by atoms with Gasteiger partial charge in [0.1, 0.15) is 12.1 Å². The predicted molar refractivity (Wildman–Crippen MR) is 226 cm³/mol. The molecule has 3 aromatic heterocycles. The maximum atomic E-state index is 13.6. The molecule has 4 amide bonds. The molecule has 2 unspecified atom stereocenters. The average molecular weight is 801 g/mol. The molecule has 3 aliphatic heterocycles. The number of aldehydes is 1. The molecule has 0 aliphatic carbocycles. The molecule has 3 N–H and O–H groups in total. The average Bonchev–Trinajstić information content (AvgIpc) is 4.01. The highest BCUT2D eigenvalue weighted by Gasteiger charge is 2.42. The second-order valence-corrected chi connectivity index (χ2v) is 16.0. The quantitative estimate of drug-likeness (QED) is 0.0751. The fourth-order valence-electron chi connectivity index (χ4n) is 8.94. The van der Waals surface area contributed by atoms with Gasteiger partial charge in [-0.15, -0.1) is 0 Å². The molecule has 8 rings (SSSR count).